The Morgan fingerprint density at radius 1 is 1.27 bits per heavy atom. The minimum absolute atomic E-state index is 0.0452. The first-order chi connectivity index (χ1) is 7.10. The summed E-state index contributed by atoms with van der Waals surface area (Å²) >= 11 is 0. The van der Waals surface area contributed by atoms with E-state index in [-0.39, 0.29) is 10.5 Å². The molecule has 2 rings (SSSR count). The van der Waals surface area contributed by atoms with Gasteiger partial charge in [-0.3, -0.25) is 0 Å². The fourth-order valence-corrected chi connectivity index (χ4v) is 3.66. The van der Waals surface area contributed by atoms with Crippen LogP contribution in [0.5, 0.6) is 0 Å². The Morgan fingerprint density at radius 2 is 1.87 bits per heavy atom. The third-order valence-corrected chi connectivity index (χ3v) is 5.60. The molecule has 0 amide bonds. The van der Waals surface area contributed by atoms with Gasteiger partial charge < -0.3 is 0 Å². The molecule has 3 heteroatoms. The van der Waals surface area contributed by atoms with Gasteiger partial charge in [-0.05, 0) is 31.7 Å². The highest BCUT2D eigenvalue weighted by molar-refractivity contribution is 7.92. The first-order valence-corrected chi connectivity index (χ1v) is 6.98. The Labute approximate surface area is 91.2 Å². The molecule has 15 heavy (non-hydrogen) atoms. The van der Waals surface area contributed by atoms with E-state index in [1.165, 1.54) is 0 Å². The Hall–Kier alpha value is -0.830. The Bertz CT molecular complexity index is 418. The molecule has 82 valence electrons. The van der Waals surface area contributed by atoms with Gasteiger partial charge in [0, 0.05) is 0 Å². The topological polar surface area (TPSA) is 34.1 Å². The fourth-order valence-electron chi connectivity index (χ4n) is 1.79. The molecule has 0 aliphatic heterocycles. The molecule has 0 heterocycles. The summed E-state index contributed by atoms with van der Waals surface area (Å²) in [5, 5.41) is -0.288. The van der Waals surface area contributed by atoms with E-state index < -0.39 is 9.84 Å². The van der Waals surface area contributed by atoms with Crippen LogP contribution in [-0.4, -0.2) is 18.9 Å². The van der Waals surface area contributed by atoms with Crippen molar-refractivity contribution in [3.05, 3.63) is 35.9 Å². The lowest BCUT2D eigenvalue weighted by atomic mass is 10.1. The van der Waals surface area contributed by atoms with E-state index in [1.54, 1.807) is 0 Å². The lowest BCUT2D eigenvalue weighted by molar-refractivity contribution is 0.581. The van der Waals surface area contributed by atoms with Crippen molar-refractivity contribution >= 4 is 9.84 Å². The summed E-state index contributed by atoms with van der Waals surface area (Å²) in [6.45, 7) is 1.82. The van der Waals surface area contributed by atoms with Gasteiger partial charge >= 0.3 is 0 Å². The maximum atomic E-state index is 11.9. The molecule has 1 aliphatic carbocycles. The van der Waals surface area contributed by atoms with Crippen LogP contribution in [-0.2, 0) is 16.3 Å². The summed E-state index contributed by atoms with van der Waals surface area (Å²) in [7, 11) is -2.86. The molecule has 1 saturated carbocycles. The normalized spacial score (nSPS) is 18.7. The zero-order valence-electron chi connectivity index (χ0n) is 8.89. The van der Waals surface area contributed by atoms with Gasteiger partial charge in [-0.1, -0.05) is 30.3 Å². The molecule has 0 N–H and O–H groups in total. The van der Waals surface area contributed by atoms with E-state index in [2.05, 4.69) is 0 Å². The predicted molar refractivity (Wildman–Crippen MR) is 61.5 cm³/mol. The van der Waals surface area contributed by atoms with E-state index >= 15 is 0 Å². The van der Waals surface area contributed by atoms with Gasteiger partial charge in [-0.15, -0.1) is 0 Å². The largest absolute Gasteiger partial charge is 0.228 e. The van der Waals surface area contributed by atoms with Crippen molar-refractivity contribution in [1.29, 1.82) is 0 Å². The third kappa shape index (κ3) is 2.40. The fraction of sp³-hybridized carbons (Fsp3) is 0.500. The van der Waals surface area contributed by atoms with Crippen LogP contribution in [0.3, 0.4) is 0 Å². The molecule has 0 spiro atoms. The average molecular weight is 224 g/mol. The van der Waals surface area contributed by atoms with Gasteiger partial charge in [-0.25, -0.2) is 8.42 Å². The molecule has 1 aromatic rings. The van der Waals surface area contributed by atoms with Crippen LogP contribution in [0.15, 0.2) is 30.3 Å². The number of sulfone groups is 1. The summed E-state index contributed by atoms with van der Waals surface area (Å²) in [5.41, 5.74) is 1.11. The second-order valence-corrected chi connectivity index (χ2v) is 6.94. The molecule has 1 atom stereocenters. The molecule has 1 aliphatic rings. The van der Waals surface area contributed by atoms with Crippen molar-refractivity contribution in [3.8, 4) is 0 Å². The third-order valence-electron chi connectivity index (χ3n) is 2.92. The second kappa shape index (κ2) is 3.97. The highest BCUT2D eigenvalue weighted by Crippen LogP contribution is 2.32. The van der Waals surface area contributed by atoms with Gasteiger partial charge in [0.05, 0.1) is 10.5 Å². The summed E-state index contributed by atoms with van der Waals surface area (Å²) in [4.78, 5) is 0. The van der Waals surface area contributed by atoms with Gasteiger partial charge in [0.2, 0.25) is 0 Å². The van der Waals surface area contributed by atoms with Crippen molar-refractivity contribution in [3.63, 3.8) is 0 Å². The molecule has 0 radical (unpaired) electrons. The van der Waals surface area contributed by atoms with Crippen LogP contribution in [0, 0.1) is 0 Å². The lowest BCUT2D eigenvalue weighted by Gasteiger charge is -2.11. The van der Waals surface area contributed by atoms with Gasteiger partial charge in [-0.2, -0.15) is 0 Å². The molecule has 0 bridgehead atoms. The predicted octanol–water partition coefficient (Wildman–Crippen LogP) is 2.19. The first-order valence-electron chi connectivity index (χ1n) is 5.37. The molecule has 1 fully saturated rings. The van der Waals surface area contributed by atoms with E-state index in [1.807, 2.05) is 37.3 Å². The highest BCUT2D eigenvalue weighted by atomic mass is 32.2. The smallest absolute Gasteiger partial charge is 0.156 e. The Kier molecular flexibility index (Phi) is 2.83. The van der Waals surface area contributed by atoms with E-state index in [4.69, 9.17) is 0 Å². The summed E-state index contributed by atoms with van der Waals surface area (Å²) < 4.78 is 23.8. The van der Waals surface area contributed by atoms with Gasteiger partial charge in [0.1, 0.15) is 0 Å². The summed E-state index contributed by atoms with van der Waals surface area (Å²) in [6.07, 6.45) is 2.36. The van der Waals surface area contributed by atoms with Gasteiger partial charge in [0.15, 0.2) is 9.84 Å². The van der Waals surface area contributed by atoms with Crippen LogP contribution in [0.2, 0.25) is 0 Å². The maximum absolute atomic E-state index is 11.9. The number of benzene rings is 1. The van der Waals surface area contributed by atoms with Crippen LogP contribution in [0.1, 0.15) is 25.3 Å². The molecule has 1 unspecified atom stereocenters. The molecule has 0 saturated heterocycles. The summed E-state index contributed by atoms with van der Waals surface area (Å²) in [6, 6.07) is 9.82. The number of hydrogen-bond acceptors (Lipinski definition) is 2. The monoisotopic (exact) mass is 224 g/mol. The number of hydrogen-bond donors (Lipinski definition) is 0. The van der Waals surface area contributed by atoms with Crippen LogP contribution in [0.4, 0.5) is 0 Å². The maximum Gasteiger partial charge on any atom is 0.156 e. The van der Waals surface area contributed by atoms with Crippen molar-refractivity contribution < 1.29 is 8.42 Å². The standard InChI is InChI=1S/C12H16O2S/c1-10(15(13,14)12-7-8-12)9-11-5-3-2-4-6-11/h2-6,10,12H,7-9H2,1H3. The molecular formula is C12H16O2S. The molecule has 0 aromatic heterocycles. The van der Waals surface area contributed by atoms with Crippen molar-refractivity contribution in [2.45, 2.75) is 36.7 Å². The number of rotatable bonds is 4. The molecule has 2 nitrogen and oxygen atoms in total. The second-order valence-electron chi connectivity index (χ2n) is 4.29. The minimum atomic E-state index is -2.86. The van der Waals surface area contributed by atoms with Crippen molar-refractivity contribution in [2.24, 2.45) is 0 Å². The van der Waals surface area contributed by atoms with Crippen LogP contribution >= 0.6 is 0 Å². The average Bonchev–Trinajstić information content (AvgIpc) is 3.02. The van der Waals surface area contributed by atoms with E-state index in [0.29, 0.717) is 6.42 Å². The van der Waals surface area contributed by atoms with E-state index in [9.17, 15) is 8.42 Å². The first kappa shape index (κ1) is 10.7. The molecular weight excluding hydrogens is 208 g/mol. The minimum Gasteiger partial charge on any atom is -0.228 e. The summed E-state index contributed by atoms with van der Waals surface area (Å²) in [5.74, 6) is 0. The highest BCUT2D eigenvalue weighted by Gasteiger charge is 2.39. The van der Waals surface area contributed by atoms with E-state index in [0.717, 1.165) is 18.4 Å². The van der Waals surface area contributed by atoms with Gasteiger partial charge in [0.25, 0.3) is 0 Å². The Balaban J connectivity index is 2.07. The van der Waals surface area contributed by atoms with Crippen LogP contribution in [0.25, 0.3) is 0 Å². The Morgan fingerprint density at radius 3 is 2.40 bits per heavy atom. The quantitative estimate of drug-likeness (QED) is 0.785. The zero-order chi connectivity index (χ0) is 10.9. The SMILES string of the molecule is CC(Cc1ccccc1)S(=O)(=O)C1CC1. The molecule has 1 aromatic carbocycles. The zero-order valence-corrected chi connectivity index (χ0v) is 9.70. The van der Waals surface area contributed by atoms with Crippen molar-refractivity contribution in [1.82, 2.24) is 0 Å². The van der Waals surface area contributed by atoms with Crippen LogP contribution < -0.4 is 0 Å². The van der Waals surface area contributed by atoms with Crippen molar-refractivity contribution in [2.75, 3.05) is 0 Å². The lowest BCUT2D eigenvalue weighted by Crippen LogP contribution is -2.23.